The van der Waals surface area contributed by atoms with E-state index in [-0.39, 0.29) is 10.5 Å². The maximum atomic E-state index is 12.0. The predicted octanol–water partition coefficient (Wildman–Crippen LogP) is 0.781. The second kappa shape index (κ2) is 4.51. The number of benzene rings is 1. The van der Waals surface area contributed by atoms with Gasteiger partial charge in [0, 0.05) is 19.3 Å². The fourth-order valence-electron chi connectivity index (χ4n) is 1.20. The van der Waals surface area contributed by atoms with Gasteiger partial charge in [-0.15, -0.1) is 0 Å². The van der Waals surface area contributed by atoms with Gasteiger partial charge in [0.25, 0.3) is 0 Å². The summed E-state index contributed by atoms with van der Waals surface area (Å²) in [5, 5.41) is 8.87. The molecule has 0 amide bonds. The Bertz CT molecular complexity index is 531. The molecule has 0 aliphatic heterocycles. The highest BCUT2D eigenvalue weighted by Crippen LogP contribution is 2.20. The molecule has 0 heterocycles. The lowest BCUT2D eigenvalue weighted by molar-refractivity contribution is 0.486. The van der Waals surface area contributed by atoms with Crippen molar-refractivity contribution in [3.63, 3.8) is 0 Å². The Labute approximate surface area is 95.1 Å². The summed E-state index contributed by atoms with van der Waals surface area (Å²) in [6.45, 7) is 2.07. The molecule has 0 radical (unpaired) electrons. The zero-order valence-electron chi connectivity index (χ0n) is 9.14. The van der Waals surface area contributed by atoms with Crippen molar-refractivity contribution in [1.29, 1.82) is 5.26 Å². The van der Waals surface area contributed by atoms with Crippen LogP contribution in [0.15, 0.2) is 23.1 Å². The van der Waals surface area contributed by atoms with E-state index >= 15 is 0 Å². The van der Waals surface area contributed by atoms with Crippen molar-refractivity contribution in [2.24, 2.45) is 0 Å². The lowest BCUT2D eigenvalue weighted by Crippen LogP contribution is -2.27. The van der Waals surface area contributed by atoms with Crippen LogP contribution in [0.25, 0.3) is 0 Å². The Morgan fingerprint density at radius 2 is 2.12 bits per heavy atom. The topological polar surface area (TPSA) is 87.2 Å². The van der Waals surface area contributed by atoms with E-state index in [4.69, 9.17) is 11.0 Å². The highest BCUT2D eigenvalue weighted by atomic mass is 32.2. The predicted molar refractivity (Wildman–Crippen MR) is 61.1 cm³/mol. The third-order valence-corrected chi connectivity index (χ3v) is 4.25. The number of anilines is 1. The Morgan fingerprint density at radius 3 is 2.62 bits per heavy atom. The Balaban J connectivity index is 3.41. The molecule has 0 atom stereocenters. The van der Waals surface area contributed by atoms with Gasteiger partial charge in [0.15, 0.2) is 0 Å². The highest BCUT2D eigenvalue weighted by Gasteiger charge is 2.22. The Hall–Kier alpha value is -1.58. The highest BCUT2D eigenvalue weighted by molar-refractivity contribution is 7.89. The molecule has 6 heteroatoms. The fraction of sp³-hybridized carbons (Fsp3) is 0.300. The molecular formula is C10H13N3O2S. The number of rotatable bonds is 3. The van der Waals surface area contributed by atoms with Gasteiger partial charge < -0.3 is 5.73 Å². The van der Waals surface area contributed by atoms with Crippen LogP contribution < -0.4 is 5.73 Å². The van der Waals surface area contributed by atoms with Crippen LogP contribution in [0.1, 0.15) is 12.5 Å². The molecule has 0 spiro atoms. The van der Waals surface area contributed by atoms with Crippen LogP contribution in [0.4, 0.5) is 5.69 Å². The van der Waals surface area contributed by atoms with Crippen LogP contribution in [0.3, 0.4) is 0 Å². The molecule has 1 aromatic carbocycles. The van der Waals surface area contributed by atoms with E-state index in [1.807, 2.05) is 6.07 Å². The Morgan fingerprint density at radius 1 is 1.50 bits per heavy atom. The molecular weight excluding hydrogens is 226 g/mol. The number of hydrogen-bond donors (Lipinski definition) is 1. The van der Waals surface area contributed by atoms with Crippen molar-refractivity contribution in [2.75, 3.05) is 19.3 Å². The molecule has 2 N–H and O–H groups in total. The molecule has 0 bridgehead atoms. The van der Waals surface area contributed by atoms with Gasteiger partial charge in [-0.2, -0.15) is 5.26 Å². The zero-order chi connectivity index (χ0) is 12.3. The average molecular weight is 239 g/mol. The second-order valence-corrected chi connectivity index (χ2v) is 5.30. The van der Waals surface area contributed by atoms with Crippen molar-refractivity contribution < 1.29 is 8.42 Å². The minimum Gasteiger partial charge on any atom is -0.399 e. The fourth-order valence-corrected chi connectivity index (χ4v) is 2.50. The summed E-state index contributed by atoms with van der Waals surface area (Å²) in [6, 6.07) is 6.02. The van der Waals surface area contributed by atoms with E-state index in [1.165, 1.54) is 29.6 Å². The van der Waals surface area contributed by atoms with E-state index in [0.29, 0.717) is 12.2 Å². The monoisotopic (exact) mass is 239 g/mol. The molecule has 0 saturated heterocycles. The van der Waals surface area contributed by atoms with Gasteiger partial charge in [-0.05, 0) is 18.2 Å². The number of hydrogen-bond acceptors (Lipinski definition) is 4. The minimum atomic E-state index is -3.59. The molecule has 1 rings (SSSR count). The van der Waals surface area contributed by atoms with E-state index in [9.17, 15) is 8.42 Å². The molecule has 0 aliphatic carbocycles. The van der Waals surface area contributed by atoms with Gasteiger partial charge in [0.1, 0.15) is 11.0 Å². The smallest absolute Gasteiger partial charge is 0.244 e. The number of nitrogen functional groups attached to an aromatic ring is 1. The number of nitrogens with zero attached hydrogens (tertiary/aromatic N) is 2. The summed E-state index contributed by atoms with van der Waals surface area (Å²) in [4.78, 5) is -0.00597. The summed E-state index contributed by atoms with van der Waals surface area (Å²) in [5.41, 5.74) is 5.94. The van der Waals surface area contributed by atoms with Crippen molar-refractivity contribution in [1.82, 2.24) is 4.31 Å². The van der Waals surface area contributed by atoms with Crippen molar-refractivity contribution in [2.45, 2.75) is 11.8 Å². The van der Waals surface area contributed by atoms with Gasteiger partial charge in [-0.3, -0.25) is 0 Å². The van der Waals surface area contributed by atoms with Crippen molar-refractivity contribution in [3.05, 3.63) is 23.8 Å². The van der Waals surface area contributed by atoms with Gasteiger partial charge in [0.2, 0.25) is 10.0 Å². The van der Waals surface area contributed by atoms with Crippen LogP contribution in [0.5, 0.6) is 0 Å². The third-order valence-electron chi connectivity index (χ3n) is 2.26. The van der Waals surface area contributed by atoms with E-state index in [1.54, 1.807) is 6.92 Å². The van der Waals surface area contributed by atoms with Crippen molar-refractivity contribution >= 4 is 15.7 Å². The maximum Gasteiger partial charge on any atom is 0.244 e. The number of nitriles is 1. The standard InChI is InChI=1S/C10H13N3O2S/c1-3-13(2)16(14,15)10-5-4-9(12)6-8(10)7-11/h4-6H,3,12H2,1-2H3. The third kappa shape index (κ3) is 2.15. The van der Waals surface area contributed by atoms with Gasteiger partial charge in [-0.1, -0.05) is 6.92 Å². The average Bonchev–Trinajstić information content (AvgIpc) is 2.27. The first-order chi connectivity index (χ1) is 7.43. The van der Waals surface area contributed by atoms with E-state index in [0.717, 1.165) is 0 Å². The van der Waals surface area contributed by atoms with Crippen LogP contribution in [0, 0.1) is 11.3 Å². The summed E-state index contributed by atoms with van der Waals surface area (Å²) >= 11 is 0. The molecule has 0 saturated carbocycles. The minimum absolute atomic E-state index is 0.00597. The van der Waals surface area contributed by atoms with Crippen LogP contribution >= 0.6 is 0 Å². The maximum absolute atomic E-state index is 12.0. The summed E-state index contributed by atoms with van der Waals surface area (Å²) < 4.78 is 25.2. The first kappa shape index (κ1) is 12.5. The number of nitrogens with two attached hydrogens (primary N) is 1. The lowest BCUT2D eigenvalue weighted by Gasteiger charge is -2.15. The molecule has 1 aromatic rings. The molecule has 0 aromatic heterocycles. The van der Waals surface area contributed by atoms with Gasteiger partial charge in [0.05, 0.1) is 5.56 Å². The molecule has 5 nitrogen and oxygen atoms in total. The molecule has 0 aliphatic rings. The first-order valence-electron chi connectivity index (χ1n) is 4.69. The van der Waals surface area contributed by atoms with Crippen LogP contribution in [-0.4, -0.2) is 26.3 Å². The number of sulfonamides is 1. The quantitative estimate of drug-likeness (QED) is 0.789. The summed E-state index contributed by atoms with van der Waals surface area (Å²) in [6.07, 6.45) is 0. The summed E-state index contributed by atoms with van der Waals surface area (Å²) in [7, 11) is -2.13. The zero-order valence-corrected chi connectivity index (χ0v) is 9.95. The normalized spacial score (nSPS) is 11.4. The van der Waals surface area contributed by atoms with Crippen LogP contribution in [0.2, 0.25) is 0 Å². The van der Waals surface area contributed by atoms with Crippen molar-refractivity contribution in [3.8, 4) is 6.07 Å². The molecule has 16 heavy (non-hydrogen) atoms. The largest absolute Gasteiger partial charge is 0.399 e. The molecule has 86 valence electrons. The Kier molecular flexibility index (Phi) is 3.52. The second-order valence-electron chi connectivity index (χ2n) is 3.29. The van der Waals surface area contributed by atoms with Crippen LogP contribution in [-0.2, 0) is 10.0 Å². The van der Waals surface area contributed by atoms with E-state index < -0.39 is 10.0 Å². The summed E-state index contributed by atoms with van der Waals surface area (Å²) in [5.74, 6) is 0. The SMILES string of the molecule is CCN(C)S(=O)(=O)c1ccc(N)cc1C#N. The van der Waals surface area contributed by atoms with Gasteiger partial charge in [-0.25, -0.2) is 12.7 Å². The molecule has 0 fully saturated rings. The molecule has 0 unspecified atom stereocenters. The first-order valence-corrected chi connectivity index (χ1v) is 6.13. The van der Waals surface area contributed by atoms with Gasteiger partial charge >= 0.3 is 0 Å². The van der Waals surface area contributed by atoms with E-state index in [2.05, 4.69) is 0 Å². The lowest BCUT2D eigenvalue weighted by atomic mass is 10.2.